The quantitative estimate of drug-likeness (QED) is 0.679. The van der Waals surface area contributed by atoms with Crippen LogP contribution >= 0.6 is 0 Å². The number of hydrogen-bond donors (Lipinski definition) is 1. The second kappa shape index (κ2) is 9.76. The monoisotopic (exact) mass is 441 g/mol. The van der Waals surface area contributed by atoms with Gasteiger partial charge in [0.05, 0.1) is 12.0 Å². The number of carbonyl (C=O) groups excluding carboxylic acids is 2. The summed E-state index contributed by atoms with van der Waals surface area (Å²) in [4.78, 5) is 34.8. The van der Waals surface area contributed by atoms with Crippen LogP contribution in [0.1, 0.15) is 44.0 Å². The van der Waals surface area contributed by atoms with Crippen LogP contribution in [0.5, 0.6) is 0 Å². The van der Waals surface area contributed by atoms with Crippen molar-refractivity contribution in [3.05, 3.63) is 29.8 Å². The van der Waals surface area contributed by atoms with Crippen molar-refractivity contribution in [2.75, 3.05) is 33.8 Å². The number of sulfonamides is 1. The summed E-state index contributed by atoms with van der Waals surface area (Å²) in [7, 11) is -0.860. The van der Waals surface area contributed by atoms with Gasteiger partial charge in [-0.25, -0.2) is 13.2 Å². The van der Waals surface area contributed by atoms with E-state index >= 15 is 0 Å². The predicted octanol–water partition coefficient (Wildman–Crippen LogP) is 2.25. The van der Waals surface area contributed by atoms with Crippen molar-refractivity contribution in [2.24, 2.45) is 5.92 Å². The minimum Gasteiger partial charge on any atom is -0.444 e. The summed E-state index contributed by atoms with van der Waals surface area (Å²) < 4.78 is 29.2. The molecule has 9 nitrogen and oxygen atoms in total. The van der Waals surface area contributed by atoms with E-state index in [-0.39, 0.29) is 22.8 Å². The summed E-state index contributed by atoms with van der Waals surface area (Å²) in [6, 6.07) is 5.71. The van der Waals surface area contributed by atoms with Crippen molar-refractivity contribution in [1.29, 1.82) is 0 Å². The van der Waals surface area contributed by atoms with Gasteiger partial charge < -0.3 is 14.5 Å². The van der Waals surface area contributed by atoms with Crippen LogP contribution in [-0.4, -0.2) is 69.6 Å². The lowest BCUT2D eigenvalue weighted by atomic mass is 9.97. The molecule has 0 aromatic heterocycles. The van der Waals surface area contributed by atoms with Crippen molar-refractivity contribution in [2.45, 2.75) is 44.1 Å². The van der Waals surface area contributed by atoms with E-state index in [1.165, 1.54) is 31.4 Å². The van der Waals surface area contributed by atoms with Crippen molar-refractivity contribution in [3.8, 4) is 0 Å². The molecular weight excluding hydrogens is 410 g/mol. The first-order valence-electron chi connectivity index (χ1n) is 9.81. The summed E-state index contributed by atoms with van der Waals surface area (Å²) in [5, 5.41) is 0. The van der Waals surface area contributed by atoms with E-state index in [1.54, 1.807) is 16.8 Å². The summed E-state index contributed by atoms with van der Waals surface area (Å²) in [5.41, 5.74) is -0.147. The van der Waals surface area contributed by atoms with Gasteiger partial charge >= 0.3 is 6.09 Å². The number of nitrogens with one attached hydrogen (secondary N) is 1. The fraction of sp³-hybridized carbons (Fsp3) is 0.600. The zero-order valence-electron chi connectivity index (χ0n) is 18.2. The van der Waals surface area contributed by atoms with Crippen LogP contribution in [0.15, 0.2) is 29.2 Å². The van der Waals surface area contributed by atoms with Gasteiger partial charge in [-0.05, 0) is 63.8 Å². The molecule has 2 rings (SSSR count). The fourth-order valence-electron chi connectivity index (χ4n) is 3.32. The van der Waals surface area contributed by atoms with Crippen molar-refractivity contribution in [1.82, 2.24) is 14.7 Å². The largest absolute Gasteiger partial charge is 0.444 e. The maximum Gasteiger partial charge on any atom is 0.410 e. The Morgan fingerprint density at radius 2 is 1.87 bits per heavy atom. The lowest BCUT2D eigenvalue weighted by Crippen LogP contribution is -2.45. The van der Waals surface area contributed by atoms with Crippen LogP contribution in [-0.2, 0) is 19.6 Å². The van der Waals surface area contributed by atoms with Gasteiger partial charge in [0.15, 0.2) is 0 Å². The smallest absolute Gasteiger partial charge is 0.410 e. The number of rotatable bonds is 6. The predicted molar refractivity (Wildman–Crippen MR) is 111 cm³/mol. The molecule has 1 aliphatic heterocycles. The molecule has 0 radical (unpaired) electrons. The molecule has 0 bridgehead atoms. The number of amides is 2. The SMILES string of the molecule is CONS(=O)(=O)c1ccc(C(=O)N2CCCC(CN(C)C(=O)OC(C)(C)C)C2)cc1. The highest BCUT2D eigenvalue weighted by molar-refractivity contribution is 7.89. The third-order valence-electron chi connectivity index (χ3n) is 4.65. The molecule has 1 aromatic rings. The van der Waals surface area contributed by atoms with Gasteiger partial charge in [0.1, 0.15) is 5.60 Å². The maximum absolute atomic E-state index is 12.9. The number of ether oxygens (including phenoxy) is 1. The Bertz CT molecular complexity index is 848. The van der Waals surface area contributed by atoms with Gasteiger partial charge in [-0.2, -0.15) is 0 Å². The molecule has 1 aromatic carbocycles. The second-order valence-corrected chi connectivity index (χ2v) is 10.1. The minimum atomic E-state index is -3.77. The number of nitrogens with zero attached hydrogens (tertiary/aromatic N) is 2. The Morgan fingerprint density at radius 3 is 2.43 bits per heavy atom. The van der Waals surface area contributed by atoms with E-state index in [0.29, 0.717) is 25.2 Å². The standard InChI is InChI=1S/C20H31N3O6S/c1-20(2,3)29-19(25)22(4)13-15-7-6-12-23(14-15)18(24)16-8-10-17(11-9-16)30(26,27)21-28-5/h8-11,15,21H,6-7,12-14H2,1-5H3. The van der Waals surface area contributed by atoms with E-state index in [0.717, 1.165) is 12.8 Å². The van der Waals surface area contributed by atoms with E-state index in [4.69, 9.17) is 4.74 Å². The number of hydrogen-bond acceptors (Lipinski definition) is 6. The highest BCUT2D eigenvalue weighted by atomic mass is 32.2. The summed E-state index contributed by atoms with van der Waals surface area (Å²) in [5.74, 6) is -0.0194. The van der Waals surface area contributed by atoms with Crippen LogP contribution in [0.3, 0.4) is 0 Å². The average Bonchev–Trinajstić information content (AvgIpc) is 2.66. The molecule has 2 amide bonds. The van der Waals surface area contributed by atoms with E-state index in [2.05, 4.69) is 4.84 Å². The lowest BCUT2D eigenvalue weighted by Gasteiger charge is -2.35. The molecular formula is C20H31N3O6S. The molecule has 30 heavy (non-hydrogen) atoms. The molecule has 1 heterocycles. The molecule has 1 unspecified atom stereocenters. The number of piperidine rings is 1. The minimum absolute atomic E-state index is 0.0106. The molecule has 0 saturated carbocycles. The molecule has 1 aliphatic rings. The molecule has 0 aliphatic carbocycles. The van der Waals surface area contributed by atoms with Gasteiger partial charge in [0.25, 0.3) is 15.9 Å². The molecule has 1 fully saturated rings. The first kappa shape index (κ1) is 24.1. The van der Waals surface area contributed by atoms with Crippen molar-refractivity contribution < 1.29 is 27.6 Å². The van der Waals surface area contributed by atoms with Gasteiger partial charge in [-0.3, -0.25) is 9.63 Å². The van der Waals surface area contributed by atoms with Crippen LogP contribution < -0.4 is 4.89 Å². The van der Waals surface area contributed by atoms with Gasteiger partial charge in [-0.15, -0.1) is 0 Å². The Hall–Kier alpha value is -2.17. The summed E-state index contributed by atoms with van der Waals surface area (Å²) in [6.45, 7) is 7.11. The highest BCUT2D eigenvalue weighted by Crippen LogP contribution is 2.21. The Morgan fingerprint density at radius 1 is 1.23 bits per heavy atom. The van der Waals surface area contributed by atoms with E-state index in [9.17, 15) is 18.0 Å². The summed E-state index contributed by atoms with van der Waals surface area (Å²) >= 11 is 0. The Balaban J connectivity index is 1.99. The molecule has 168 valence electrons. The molecule has 10 heteroatoms. The third kappa shape index (κ3) is 6.68. The lowest BCUT2D eigenvalue weighted by molar-refractivity contribution is 0.0244. The van der Waals surface area contributed by atoms with Crippen LogP contribution in [0.25, 0.3) is 0 Å². The van der Waals surface area contributed by atoms with E-state index in [1.807, 2.05) is 25.7 Å². The number of carbonyl (C=O) groups is 2. The molecule has 1 saturated heterocycles. The topological polar surface area (TPSA) is 105 Å². The second-order valence-electron chi connectivity index (χ2n) is 8.44. The van der Waals surface area contributed by atoms with Gasteiger partial charge in [0, 0.05) is 32.2 Å². The van der Waals surface area contributed by atoms with Crippen molar-refractivity contribution in [3.63, 3.8) is 0 Å². The first-order valence-corrected chi connectivity index (χ1v) is 11.3. The fourth-order valence-corrected chi connectivity index (χ4v) is 4.13. The highest BCUT2D eigenvalue weighted by Gasteiger charge is 2.28. The molecule has 1 atom stereocenters. The maximum atomic E-state index is 12.9. The number of likely N-dealkylation sites (tertiary alicyclic amines) is 1. The summed E-state index contributed by atoms with van der Waals surface area (Å²) in [6.07, 6.45) is 1.37. The number of benzene rings is 1. The van der Waals surface area contributed by atoms with Crippen LogP contribution in [0, 0.1) is 5.92 Å². The van der Waals surface area contributed by atoms with E-state index < -0.39 is 15.6 Å². The zero-order chi connectivity index (χ0) is 22.5. The van der Waals surface area contributed by atoms with Crippen LogP contribution in [0.2, 0.25) is 0 Å². The van der Waals surface area contributed by atoms with Crippen LogP contribution in [0.4, 0.5) is 4.79 Å². The first-order chi connectivity index (χ1) is 13.9. The zero-order valence-corrected chi connectivity index (χ0v) is 19.0. The normalized spacial score (nSPS) is 17.5. The van der Waals surface area contributed by atoms with Crippen molar-refractivity contribution >= 4 is 22.0 Å². The molecule has 0 spiro atoms. The average molecular weight is 442 g/mol. The third-order valence-corrected chi connectivity index (χ3v) is 5.93. The Kier molecular flexibility index (Phi) is 7.84. The van der Waals surface area contributed by atoms with Gasteiger partial charge in [-0.1, -0.05) is 4.89 Å². The Labute approximate surface area is 178 Å². The van der Waals surface area contributed by atoms with Gasteiger partial charge in [0.2, 0.25) is 0 Å². The molecule has 1 N–H and O–H groups in total.